The topological polar surface area (TPSA) is 66.8 Å². The van der Waals surface area contributed by atoms with Crippen molar-refractivity contribution >= 4 is 27.8 Å². The maximum Gasteiger partial charge on any atom is 0.308 e. The molecule has 1 aliphatic carbocycles. The molecule has 22 heavy (non-hydrogen) atoms. The number of ether oxygens (including phenoxy) is 1. The molecule has 118 valence electrons. The highest BCUT2D eigenvalue weighted by Gasteiger charge is 2.46. The van der Waals surface area contributed by atoms with Gasteiger partial charge in [-0.3, -0.25) is 9.59 Å². The van der Waals surface area contributed by atoms with Gasteiger partial charge in [0.1, 0.15) is 5.75 Å². The van der Waals surface area contributed by atoms with Gasteiger partial charge in [0, 0.05) is 17.6 Å². The summed E-state index contributed by atoms with van der Waals surface area (Å²) in [5.41, 5.74) is 0. The normalized spacial score (nSPS) is 24.3. The molecule has 6 heteroatoms. The van der Waals surface area contributed by atoms with Gasteiger partial charge in [-0.25, -0.2) is 0 Å². The number of nitrogens with zero attached hydrogens (tertiary/aromatic N) is 1. The summed E-state index contributed by atoms with van der Waals surface area (Å²) in [5, 5.41) is 9.32. The zero-order chi connectivity index (χ0) is 15.7. The van der Waals surface area contributed by atoms with Gasteiger partial charge in [-0.05, 0) is 48.9 Å². The molecule has 2 atom stereocenters. The van der Waals surface area contributed by atoms with Gasteiger partial charge >= 0.3 is 5.97 Å². The van der Waals surface area contributed by atoms with Crippen LogP contribution in [0.25, 0.3) is 0 Å². The molecule has 1 aliphatic heterocycles. The van der Waals surface area contributed by atoms with E-state index in [-0.39, 0.29) is 18.4 Å². The highest BCUT2D eigenvalue weighted by molar-refractivity contribution is 9.10. The number of hydrogen-bond acceptors (Lipinski definition) is 3. The van der Waals surface area contributed by atoms with E-state index in [0.29, 0.717) is 24.8 Å². The maximum atomic E-state index is 12.2. The molecule has 1 amide bonds. The molecule has 1 heterocycles. The molecular weight excluding hydrogens is 350 g/mol. The molecule has 0 unspecified atom stereocenters. The number of benzene rings is 1. The fraction of sp³-hybridized carbons (Fsp3) is 0.500. The van der Waals surface area contributed by atoms with Gasteiger partial charge in [0.2, 0.25) is 0 Å². The van der Waals surface area contributed by atoms with Crippen LogP contribution >= 0.6 is 15.9 Å². The van der Waals surface area contributed by atoms with E-state index < -0.39 is 11.9 Å². The minimum atomic E-state index is -0.791. The monoisotopic (exact) mass is 367 g/mol. The molecule has 1 saturated carbocycles. The summed E-state index contributed by atoms with van der Waals surface area (Å²) in [4.78, 5) is 25.2. The van der Waals surface area contributed by atoms with Crippen LogP contribution in [-0.4, -0.2) is 41.6 Å². The van der Waals surface area contributed by atoms with Crippen molar-refractivity contribution in [1.29, 1.82) is 0 Å². The Morgan fingerprint density at radius 1 is 1.23 bits per heavy atom. The first-order valence-corrected chi connectivity index (χ1v) is 8.23. The van der Waals surface area contributed by atoms with E-state index in [9.17, 15) is 14.7 Å². The second-order valence-corrected chi connectivity index (χ2v) is 6.90. The van der Waals surface area contributed by atoms with Gasteiger partial charge in [0.05, 0.1) is 5.92 Å². The number of rotatable bonds is 5. The van der Waals surface area contributed by atoms with Crippen molar-refractivity contribution in [2.75, 3.05) is 19.7 Å². The minimum Gasteiger partial charge on any atom is -0.484 e. The molecule has 0 spiro atoms. The Kier molecular flexibility index (Phi) is 4.38. The Morgan fingerprint density at radius 2 is 1.91 bits per heavy atom. The Hall–Kier alpha value is -1.56. The minimum absolute atomic E-state index is 0.0502. The first-order valence-electron chi connectivity index (χ1n) is 7.43. The third kappa shape index (κ3) is 3.43. The molecule has 1 aromatic rings. The average molecular weight is 368 g/mol. The fourth-order valence-electron chi connectivity index (χ4n) is 3.06. The first kappa shape index (κ1) is 15.3. The molecule has 2 fully saturated rings. The quantitative estimate of drug-likeness (QED) is 0.867. The number of aliphatic carboxylic acids is 1. The summed E-state index contributed by atoms with van der Waals surface area (Å²) in [7, 11) is 0. The highest BCUT2D eigenvalue weighted by Crippen LogP contribution is 2.44. The number of carboxylic acids is 1. The van der Waals surface area contributed by atoms with Crippen LogP contribution in [0, 0.1) is 17.8 Å². The van der Waals surface area contributed by atoms with Crippen molar-refractivity contribution in [2.24, 2.45) is 17.8 Å². The number of carbonyl (C=O) groups excluding carboxylic acids is 1. The zero-order valence-electron chi connectivity index (χ0n) is 12.1. The van der Waals surface area contributed by atoms with Gasteiger partial charge in [-0.15, -0.1) is 0 Å². The fourth-order valence-corrected chi connectivity index (χ4v) is 3.33. The lowest BCUT2D eigenvalue weighted by molar-refractivity contribution is -0.142. The molecule has 1 saturated heterocycles. The van der Waals surface area contributed by atoms with E-state index in [4.69, 9.17) is 4.74 Å². The number of carboxylic acid groups (broad SMARTS) is 1. The second-order valence-electron chi connectivity index (χ2n) is 5.99. The third-order valence-electron chi connectivity index (χ3n) is 4.44. The number of halogens is 1. The van der Waals surface area contributed by atoms with Crippen LogP contribution < -0.4 is 4.74 Å². The van der Waals surface area contributed by atoms with Crippen molar-refractivity contribution in [3.63, 3.8) is 0 Å². The van der Waals surface area contributed by atoms with Crippen LogP contribution in [0.3, 0.4) is 0 Å². The molecule has 1 N–H and O–H groups in total. The molecule has 1 aromatic carbocycles. The molecule has 3 rings (SSSR count). The third-order valence-corrected chi connectivity index (χ3v) is 4.97. The van der Waals surface area contributed by atoms with Crippen molar-refractivity contribution in [3.05, 3.63) is 28.7 Å². The smallest absolute Gasteiger partial charge is 0.308 e. The van der Waals surface area contributed by atoms with E-state index in [1.807, 2.05) is 12.1 Å². The van der Waals surface area contributed by atoms with Gasteiger partial charge in [0.15, 0.2) is 6.61 Å². The summed E-state index contributed by atoms with van der Waals surface area (Å²) < 4.78 is 6.43. The molecule has 0 aromatic heterocycles. The Balaban J connectivity index is 1.56. The van der Waals surface area contributed by atoms with Crippen molar-refractivity contribution in [1.82, 2.24) is 4.90 Å². The predicted molar refractivity (Wildman–Crippen MR) is 83.6 cm³/mol. The van der Waals surface area contributed by atoms with Crippen molar-refractivity contribution < 1.29 is 19.4 Å². The lowest BCUT2D eigenvalue weighted by atomic mass is 9.92. The van der Waals surface area contributed by atoms with Crippen LogP contribution in [0.15, 0.2) is 28.7 Å². The molecule has 0 bridgehead atoms. The average Bonchev–Trinajstić information content (AvgIpc) is 3.24. The number of hydrogen-bond donors (Lipinski definition) is 1. The summed E-state index contributed by atoms with van der Waals surface area (Å²) >= 11 is 3.34. The molecule has 0 radical (unpaired) electrons. The Morgan fingerprint density at radius 3 is 2.50 bits per heavy atom. The SMILES string of the molecule is O=C(O)[C@H]1CN(C(=O)COc2ccc(Br)cc2)C[C@@H]1C1CC1. The van der Waals surface area contributed by atoms with E-state index in [2.05, 4.69) is 15.9 Å². The Labute approximate surface area is 137 Å². The van der Waals surface area contributed by atoms with Gasteiger partial charge in [0.25, 0.3) is 5.91 Å². The summed E-state index contributed by atoms with van der Waals surface area (Å²) in [6, 6.07) is 7.27. The number of amides is 1. The second kappa shape index (κ2) is 6.28. The van der Waals surface area contributed by atoms with E-state index in [1.54, 1.807) is 17.0 Å². The standard InChI is InChI=1S/C16H18BrNO4/c17-11-3-5-12(6-4-11)22-9-15(19)18-7-13(10-1-2-10)14(8-18)16(20)21/h3-6,10,13-14H,1-2,7-9H2,(H,20,21)/t13-,14+/m1/s1. The van der Waals surface area contributed by atoms with Crippen LogP contribution in [0.1, 0.15) is 12.8 Å². The molecular formula is C16H18BrNO4. The van der Waals surface area contributed by atoms with Crippen molar-refractivity contribution in [3.8, 4) is 5.75 Å². The lowest BCUT2D eigenvalue weighted by Crippen LogP contribution is -2.33. The van der Waals surface area contributed by atoms with Crippen LogP contribution in [0.4, 0.5) is 0 Å². The van der Waals surface area contributed by atoms with E-state index >= 15 is 0 Å². The van der Waals surface area contributed by atoms with Crippen LogP contribution in [0.5, 0.6) is 5.75 Å². The lowest BCUT2D eigenvalue weighted by Gasteiger charge is -2.16. The summed E-state index contributed by atoms with van der Waals surface area (Å²) in [5.74, 6) is -0.146. The van der Waals surface area contributed by atoms with Gasteiger partial charge < -0.3 is 14.7 Å². The first-order chi connectivity index (χ1) is 10.5. The predicted octanol–water partition coefficient (Wildman–Crippen LogP) is 2.40. The maximum absolute atomic E-state index is 12.2. The van der Waals surface area contributed by atoms with E-state index in [1.165, 1.54) is 0 Å². The summed E-state index contributed by atoms with van der Waals surface area (Å²) in [6.07, 6.45) is 2.18. The van der Waals surface area contributed by atoms with Crippen LogP contribution in [-0.2, 0) is 9.59 Å². The molecule has 5 nitrogen and oxygen atoms in total. The highest BCUT2D eigenvalue weighted by atomic mass is 79.9. The Bertz CT molecular complexity index is 570. The van der Waals surface area contributed by atoms with Crippen molar-refractivity contribution in [2.45, 2.75) is 12.8 Å². The zero-order valence-corrected chi connectivity index (χ0v) is 13.7. The summed E-state index contributed by atoms with van der Waals surface area (Å²) in [6.45, 7) is 0.800. The van der Waals surface area contributed by atoms with Crippen LogP contribution in [0.2, 0.25) is 0 Å². The largest absolute Gasteiger partial charge is 0.484 e. The molecule has 2 aliphatic rings. The number of likely N-dealkylation sites (tertiary alicyclic amines) is 1. The van der Waals surface area contributed by atoms with E-state index in [0.717, 1.165) is 17.3 Å². The number of carbonyl (C=O) groups is 2. The van der Waals surface area contributed by atoms with Gasteiger partial charge in [-0.1, -0.05) is 15.9 Å². The van der Waals surface area contributed by atoms with Gasteiger partial charge in [-0.2, -0.15) is 0 Å².